The van der Waals surface area contributed by atoms with Crippen molar-refractivity contribution in [1.82, 2.24) is 4.98 Å². The van der Waals surface area contributed by atoms with Gasteiger partial charge in [0.1, 0.15) is 11.5 Å². The summed E-state index contributed by atoms with van der Waals surface area (Å²) in [4.78, 5) is 27.2. The Balaban J connectivity index is 1.86. The van der Waals surface area contributed by atoms with Crippen molar-refractivity contribution in [3.63, 3.8) is 0 Å². The number of carbonyl (C=O) groups is 1. The van der Waals surface area contributed by atoms with Gasteiger partial charge in [0, 0.05) is 16.8 Å². The molecule has 3 rings (SSSR count). The number of amides is 1. The van der Waals surface area contributed by atoms with Crippen LogP contribution >= 0.6 is 11.6 Å². The van der Waals surface area contributed by atoms with Gasteiger partial charge in [0.2, 0.25) is 0 Å². The molecule has 2 aromatic carbocycles. The van der Waals surface area contributed by atoms with E-state index >= 15 is 0 Å². The maximum absolute atomic E-state index is 12.4. The average Bonchev–Trinajstić information content (AvgIpc) is 2.64. The van der Waals surface area contributed by atoms with Gasteiger partial charge in [-0.2, -0.15) is 0 Å². The van der Waals surface area contributed by atoms with Gasteiger partial charge in [0.15, 0.2) is 0 Å². The number of H-pyrrole nitrogens is 1. The van der Waals surface area contributed by atoms with Crippen molar-refractivity contribution in [2.75, 3.05) is 11.9 Å². The van der Waals surface area contributed by atoms with Gasteiger partial charge in [-0.3, -0.25) is 9.59 Å². The lowest BCUT2D eigenvalue weighted by molar-refractivity contribution is 0.102. The number of phenolic OH excluding ortho intramolecular Hbond substituents is 1. The number of rotatable bonds is 5. The molecule has 0 radical (unpaired) electrons. The van der Waals surface area contributed by atoms with E-state index < -0.39 is 5.91 Å². The highest BCUT2D eigenvalue weighted by atomic mass is 35.5. The molecule has 0 aliphatic rings. The smallest absolute Gasteiger partial charge is 0.259 e. The Morgan fingerprint density at radius 2 is 1.93 bits per heavy atom. The third kappa shape index (κ3) is 4.30. The first-order valence-electron chi connectivity index (χ1n) is 8.23. The molecule has 0 aliphatic carbocycles. The normalized spacial score (nSPS) is 10.4. The minimum Gasteiger partial charge on any atom is -0.507 e. The Hall–Kier alpha value is -3.25. The predicted molar refractivity (Wildman–Crippen MR) is 105 cm³/mol. The molecule has 6 nitrogen and oxygen atoms in total. The van der Waals surface area contributed by atoms with Gasteiger partial charge in [-0.25, -0.2) is 0 Å². The zero-order chi connectivity index (χ0) is 19.4. The number of hydrogen-bond donors (Lipinski definition) is 3. The van der Waals surface area contributed by atoms with Crippen molar-refractivity contribution in [2.24, 2.45) is 0 Å². The number of pyridine rings is 1. The van der Waals surface area contributed by atoms with E-state index in [1.165, 1.54) is 24.4 Å². The van der Waals surface area contributed by atoms with Crippen molar-refractivity contribution in [3.8, 4) is 22.6 Å². The standard InChI is InChI=1S/C20H17ClN2O4/c1-2-27-15-6-3-12(4-7-15)17-10-14(11-22-19(17)25)23-20(26)16-8-5-13(21)9-18(16)24/h3-11,24H,2H2,1H3,(H,22,25)(H,23,26). The van der Waals surface area contributed by atoms with E-state index in [0.717, 1.165) is 0 Å². The van der Waals surface area contributed by atoms with Gasteiger partial charge in [0.25, 0.3) is 11.5 Å². The second-order valence-electron chi connectivity index (χ2n) is 5.70. The summed E-state index contributed by atoms with van der Waals surface area (Å²) in [6.07, 6.45) is 1.39. The summed E-state index contributed by atoms with van der Waals surface area (Å²) in [5.41, 5.74) is 1.26. The third-order valence-electron chi connectivity index (χ3n) is 3.84. The first kappa shape index (κ1) is 18.5. The van der Waals surface area contributed by atoms with Crippen LogP contribution in [0.2, 0.25) is 5.02 Å². The maximum Gasteiger partial charge on any atom is 0.259 e. The Bertz CT molecular complexity index is 1030. The van der Waals surface area contributed by atoms with Crippen LogP contribution in [-0.2, 0) is 0 Å². The molecule has 3 aromatic rings. The summed E-state index contributed by atoms with van der Waals surface area (Å²) in [5.74, 6) is -0.0367. The van der Waals surface area contributed by atoms with E-state index in [2.05, 4.69) is 10.3 Å². The minimum absolute atomic E-state index is 0.0771. The summed E-state index contributed by atoms with van der Waals surface area (Å²) in [6, 6.07) is 12.9. The van der Waals surface area contributed by atoms with Crippen molar-refractivity contribution in [3.05, 3.63) is 75.7 Å². The van der Waals surface area contributed by atoms with Crippen LogP contribution in [0, 0.1) is 0 Å². The summed E-state index contributed by atoms with van der Waals surface area (Å²) in [7, 11) is 0. The molecule has 0 spiro atoms. The molecule has 0 atom stereocenters. The van der Waals surface area contributed by atoms with Gasteiger partial charge in [-0.05, 0) is 48.9 Å². The molecule has 0 saturated carbocycles. The van der Waals surface area contributed by atoms with E-state index in [-0.39, 0.29) is 16.9 Å². The molecule has 0 unspecified atom stereocenters. The van der Waals surface area contributed by atoms with E-state index in [4.69, 9.17) is 16.3 Å². The van der Waals surface area contributed by atoms with Gasteiger partial charge in [-0.1, -0.05) is 23.7 Å². The van der Waals surface area contributed by atoms with Crippen LogP contribution in [0.25, 0.3) is 11.1 Å². The molecule has 0 aliphatic heterocycles. The summed E-state index contributed by atoms with van der Waals surface area (Å²) < 4.78 is 5.40. The van der Waals surface area contributed by atoms with Crippen molar-refractivity contribution in [2.45, 2.75) is 6.92 Å². The zero-order valence-corrected chi connectivity index (χ0v) is 15.2. The van der Waals surface area contributed by atoms with E-state index in [0.29, 0.717) is 34.2 Å². The summed E-state index contributed by atoms with van der Waals surface area (Å²) in [5, 5.41) is 12.8. The quantitative estimate of drug-likeness (QED) is 0.618. The zero-order valence-electron chi connectivity index (χ0n) is 14.5. The number of ether oxygens (including phenoxy) is 1. The molecular weight excluding hydrogens is 368 g/mol. The number of anilines is 1. The van der Waals surface area contributed by atoms with Crippen LogP contribution in [0.3, 0.4) is 0 Å². The average molecular weight is 385 g/mol. The molecular formula is C20H17ClN2O4. The van der Waals surface area contributed by atoms with E-state index in [9.17, 15) is 14.7 Å². The third-order valence-corrected chi connectivity index (χ3v) is 4.08. The Morgan fingerprint density at radius 3 is 2.59 bits per heavy atom. The number of phenols is 1. The molecule has 1 aromatic heterocycles. The number of aromatic amines is 1. The van der Waals surface area contributed by atoms with E-state index in [1.54, 1.807) is 30.3 Å². The van der Waals surface area contributed by atoms with Gasteiger partial charge >= 0.3 is 0 Å². The van der Waals surface area contributed by atoms with Crippen LogP contribution < -0.4 is 15.6 Å². The Labute approximate surface area is 160 Å². The largest absolute Gasteiger partial charge is 0.507 e. The lowest BCUT2D eigenvalue weighted by atomic mass is 10.1. The molecule has 7 heteroatoms. The number of halogens is 1. The molecule has 1 heterocycles. The number of aromatic hydroxyl groups is 1. The van der Waals surface area contributed by atoms with Crippen LogP contribution in [0.15, 0.2) is 59.5 Å². The molecule has 0 bridgehead atoms. The molecule has 27 heavy (non-hydrogen) atoms. The van der Waals surface area contributed by atoms with Gasteiger partial charge in [0.05, 0.1) is 17.9 Å². The van der Waals surface area contributed by atoms with Crippen molar-refractivity contribution >= 4 is 23.2 Å². The molecule has 1 amide bonds. The number of hydrogen-bond acceptors (Lipinski definition) is 4. The number of carbonyl (C=O) groups excluding carboxylic acids is 1. The Kier molecular flexibility index (Phi) is 5.47. The number of nitrogens with one attached hydrogen (secondary N) is 2. The molecule has 0 saturated heterocycles. The van der Waals surface area contributed by atoms with Crippen LogP contribution in [0.1, 0.15) is 17.3 Å². The minimum atomic E-state index is -0.520. The fourth-order valence-corrected chi connectivity index (χ4v) is 2.73. The van der Waals surface area contributed by atoms with Gasteiger partial charge < -0.3 is 20.1 Å². The highest BCUT2D eigenvalue weighted by Gasteiger charge is 2.13. The van der Waals surface area contributed by atoms with Crippen molar-refractivity contribution < 1.29 is 14.6 Å². The molecule has 138 valence electrons. The lowest BCUT2D eigenvalue weighted by Crippen LogP contribution is -2.15. The second-order valence-corrected chi connectivity index (χ2v) is 6.14. The SMILES string of the molecule is CCOc1ccc(-c2cc(NC(=O)c3ccc(Cl)cc3O)c[nH]c2=O)cc1. The number of aromatic nitrogens is 1. The van der Waals surface area contributed by atoms with Crippen LogP contribution in [0.5, 0.6) is 11.5 Å². The number of benzene rings is 2. The first-order valence-corrected chi connectivity index (χ1v) is 8.61. The fraction of sp³-hybridized carbons (Fsp3) is 0.100. The van der Waals surface area contributed by atoms with Crippen molar-refractivity contribution in [1.29, 1.82) is 0 Å². The van der Waals surface area contributed by atoms with Crippen LogP contribution in [0.4, 0.5) is 5.69 Å². The molecule has 3 N–H and O–H groups in total. The predicted octanol–water partition coefficient (Wildman–Crippen LogP) is 4.05. The first-order chi connectivity index (χ1) is 13.0. The fourth-order valence-electron chi connectivity index (χ4n) is 2.56. The topological polar surface area (TPSA) is 91.4 Å². The lowest BCUT2D eigenvalue weighted by Gasteiger charge is -2.09. The maximum atomic E-state index is 12.4. The van der Waals surface area contributed by atoms with E-state index in [1.807, 2.05) is 6.92 Å². The highest BCUT2D eigenvalue weighted by Crippen LogP contribution is 2.24. The van der Waals surface area contributed by atoms with Gasteiger partial charge in [-0.15, -0.1) is 0 Å². The molecule has 0 fully saturated rings. The second kappa shape index (κ2) is 7.97. The summed E-state index contributed by atoms with van der Waals surface area (Å²) in [6.45, 7) is 2.45. The Morgan fingerprint density at radius 1 is 1.19 bits per heavy atom. The van der Waals surface area contributed by atoms with Crippen LogP contribution in [-0.4, -0.2) is 22.6 Å². The summed E-state index contributed by atoms with van der Waals surface area (Å²) >= 11 is 5.78. The monoisotopic (exact) mass is 384 g/mol. The highest BCUT2D eigenvalue weighted by molar-refractivity contribution is 6.31.